The summed E-state index contributed by atoms with van der Waals surface area (Å²) in [5, 5.41) is 3.82. The van der Waals surface area contributed by atoms with Crippen molar-refractivity contribution in [1.29, 1.82) is 0 Å². The molecule has 0 aliphatic carbocycles. The van der Waals surface area contributed by atoms with Crippen molar-refractivity contribution in [3.8, 4) is 0 Å². The Labute approximate surface area is 148 Å². The van der Waals surface area contributed by atoms with Crippen LogP contribution in [0.25, 0.3) is 0 Å². The number of hydrogen-bond acceptors (Lipinski definition) is 5. The highest BCUT2D eigenvalue weighted by Crippen LogP contribution is 2.35. The van der Waals surface area contributed by atoms with Crippen LogP contribution >= 0.6 is 11.6 Å². The molecule has 134 valence electrons. The topological polar surface area (TPSA) is 65.2 Å². The molecule has 1 heterocycles. The van der Waals surface area contributed by atoms with Crippen molar-refractivity contribution in [2.24, 2.45) is 0 Å². The third-order valence-electron chi connectivity index (χ3n) is 3.00. The smallest absolute Gasteiger partial charge is 0.350 e. The molecule has 0 atom stereocenters. The lowest BCUT2D eigenvalue weighted by atomic mass is 10.1. The van der Waals surface area contributed by atoms with Crippen LogP contribution in [0.15, 0.2) is 40.9 Å². The van der Waals surface area contributed by atoms with Gasteiger partial charge in [0.1, 0.15) is 5.60 Å². The van der Waals surface area contributed by atoms with Crippen molar-refractivity contribution >= 4 is 17.6 Å². The van der Waals surface area contributed by atoms with Crippen molar-refractivity contribution in [2.75, 3.05) is 0 Å². The van der Waals surface area contributed by atoms with Gasteiger partial charge in [-0.2, -0.15) is 13.8 Å². The molecule has 1 aromatic carbocycles. The van der Waals surface area contributed by atoms with E-state index in [1.165, 1.54) is 24.3 Å². The number of alkyl halides is 2. The van der Waals surface area contributed by atoms with Gasteiger partial charge >= 0.3 is 17.8 Å². The van der Waals surface area contributed by atoms with E-state index >= 15 is 0 Å². The molecule has 0 aliphatic rings. The number of nitrogens with zero attached hydrogens (tertiary/aromatic N) is 2. The summed E-state index contributed by atoms with van der Waals surface area (Å²) in [6.07, 6.45) is -0.158. The van der Waals surface area contributed by atoms with Gasteiger partial charge in [-0.3, -0.25) is 0 Å². The highest BCUT2D eigenvalue weighted by Gasteiger charge is 2.40. The number of ether oxygens (including phenoxy) is 1. The molecule has 0 spiro atoms. The standard InChI is InChI=1S/C17H17ClF2N2O3/c1-10(14(23)24-16(2,3)4)9-13-21-15(25-22-13)17(19,20)11-5-7-12(18)8-6-11/h5-8H,1,9H2,2-4H3. The average molecular weight is 371 g/mol. The number of esters is 1. The average Bonchev–Trinajstić information content (AvgIpc) is 2.95. The van der Waals surface area contributed by atoms with Crippen LogP contribution in [-0.2, 0) is 21.9 Å². The normalized spacial score (nSPS) is 12.1. The molecule has 0 aliphatic heterocycles. The summed E-state index contributed by atoms with van der Waals surface area (Å²) in [4.78, 5) is 15.5. The fraction of sp³-hybridized carbons (Fsp3) is 0.353. The molecular formula is C17H17ClF2N2O3. The number of halogens is 3. The maximum atomic E-state index is 14.4. The maximum absolute atomic E-state index is 14.4. The molecule has 0 saturated carbocycles. The molecule has 0 unspecified atom stereocenters. The molecule has 5 nitrogen and oxygen atoms in total. The van der Waals surface area contributed by atoms with Crippen molar-refractivity contribution < 1.29 is 22.8 Å². The molecule has 8 heteroatoms. The van der Waals surface area contributed by atoms with Crippen LogP contribution in [-0.4, -0.2) is 21.7 Å². The zero-order chi connectivity index (χ0) is 18.8. The third kappa shape index (κ3) is 4.85. The fourth-order valence-electron chi connectivity index (χ4n) is 1.85. The predicted molar refractivity (Wildman–Crippen MR) is 87.4 cm³/mol. The van der Waals surface area contributed by atoms with Crippen molar-refractivity contribution in [3.63, 3.8) is 0 Å². The molecule has 25 heavy (non-hydrogen) atoms. The Hall–Kier alpha value is -2.28. The van der Waals surface area contributed by atoms with E-state index in [0.717, 1.165) is 0 Å². The van der Waals surface area contributed by atoms with E-state index in [2.05, 4.69) is 21.2 Å². The van der Waals surface area contributed by atoms with Crippen LogP contribution in [0.3, 0.4) is 0 Å². The summed E-state index contributed by atoms with van der Waals surface area (Å²) in [7, 11) is 0. The summed E-state index contributed by atoms with van der Waals surface area (Å²) < 4.78 is 38.6. The first kappa shape index (κ1) is 19.1. The van der Waals surface area contributed by atoms with Crippen LogP contribution in [0, 0.1) is 0 Å². The van der Waals surface area contributed by atoms with Crippen molar-refractivity contribution in [1.82, 2.24) is 10.1 Å². The highest BCUT2D eigenvalue weighted by atomic mass is 35.5. The zero-order valence-electron chi connectivity index (χ0n) is 14.0. The van der Waals surface area contributed by atoms with Gasteiger partial charge in [-0.25, -0.2) is 4.79 Å². The second kappa shape index (κ2) is 6.92. The largest absolute Gasteiger partial charge is 0.457 e. The molecule has 0 fully saturated rings. The first-order valence-corrected chi connectivity index (χ1v) is 7.75. The van der Waals surface area contributed by atoms with Crippen molar-refractivity contribution in [2.45, 2.75) is 38.7 Å². The van der Waals surface area contributed by atoms with Crippen LogP contribution in [0.1, 0.15) is 38.0 Å². The molecule has 2 aromatic rings. The lowest BCUT2D eigenvalue weighted by Gasteiger charge is -2.19. The van der Waals surface area contributed by atoms with Crippen LogP contribution in [0.5, 0.6) is 0 Å². The van der Waals surface area contributed by atoms with Gasteiger partial charge < -0.3 is 9.26 Å². The Bertz CT molecular complexity index is 780. The van der Waals surface area contributed by atoms with E-state index in [4.69, 9.17) is 16.3 Å². The van der Waals surface area contributed by atoms with Gasteiger partial charge in [-0.1, -0.05) is 35.5 Å². The van der Waals surface area contributed by atoms with E-state index in [0.29, 0.717) is 5.02 Å². The van der Waals surface area contributed by atoms with Crippen LogP contribution in [0.4, 0.5) is 8.78 Å². The van der Waals surface area contributed by atoms with Gasteiger partial charge in [-0.15, -0.1) is 0 Å². The molecule has 0 radical (unpaired) electrons. The Kier molecular flexibility index (Phi) is 5.27. The van der Waals surface area contributed by atoms with Crippen LogP contribution < -0.4 is 0 Å². The number of carbonyl (C=O) groups excluding carboxylic acids is 1. The van der Waals surface area contributed by atoms with Gasteiger partial charge in [0.15, 0.2) is 5.82 Å². The molecule has 0 N–H and O–H groups in total. The molecule has 0 bridgehead atoms. The Morgan fingerprint density at radius 2 is 1.88 bits per heavy atom. The van der Waals surface area contributed by atoms with E-state index in [-0.39, 0.29) is 23.4 Å². The second-order valence-electron chi connectivity index (χ2n) is 6.38. The number of carbonyl (C=O) groups is 1. The summed E-state index contributed by atoms with van der Waals surface area (Å²) in [6, 6.07) is 5.02. The SMILES string of the molecule is C=C(Cc1noc(C(F)(F)c2ccc(Cl)cc2)n1)C(=O)OC(C)(C)C. The lowest BCUT2D eigenvalue weighted by Crippen LogP contribution is -2.25. The quantitative estimate of drug-likeness (QED) is 0.579. The molecular weight excluding hydrogens is 354 g/mol. The van der Waals surface area contributed by atoms with Crippen LogP contribution in [0.2, 0.25) is 5.02 Å². The molecule has 0 saturated heterocycles. The Morgan fingerprint density at radius 3 is 2.44 bits per heavy atom. The minimum absolute atomic E-state index is 0.0390. The van der Waals surface area contributed by atoms with E-state index < -0.39 is 23.4 Å². The first-order chi connectivity index (χ1) is 11.5. The number of hydrogen-bond donors (Lipinski definition) is 0. The fourth-order valence-corrected chi connectivity index (χ4v) is 1.98. The summed E-state index contributed by atoms with van der Waals surface area (Å²) in [5.41, 5.74) is -0.987. The molecule has 1 aromatic heterocycles. The summed E-state index contributed by atoms with van der Waals surface area (Å²) >= 11 is 5.69. The lowest BCUT2D eigenvalue weighted by molar-refractivity contribution is -0.149. The number of benzene rings is 1. The zero-order valence-corrected chi connectivity index (χ0v) is 14.7. The van der Waals surface area contributed by atoms with Gasteiger partial charge in [0, 0.05) is 22.6 Å². The number of rotatable bonds is 5. The predicted octanol–water partition coefficient (Wildman–Crippen LogP) is 4.30. The molecule has 0 amide bonds. The molecule has 2 rings (SSSR count). The second-order valence-corrected chi connectivity index (χ2v) is 6.82. The van der Waals surface area contributed by atoms with E-state index in [9.17, 15) is 13.6 Å². The van der Waals surface area contributed by atoms with Gasteiger partial charge in [-0.05, 0) is 32.9 Å². The van der Waals surface area contributed by atoms with E-state index in [1.807, 2.05) is 0 Å². The van der Waals surface area contributed by atoms with Gasteiger partial charge in [0.25, 0.3) is 0 Å². The number of aromatic nitrogens is 2. The maximum Gasteiger partial charge on any atom is 0.350 e. The highest BCUT2D eigenvalue weighted by molar-refractivity contribution is 6.30. The minimum atomic E-state index is -3.48. The van der Waals surface area contributed by atoms with Gasteiger partial charge in [0.2, 0.25) is 0 Å². The van der Waals surface area contributed by atoms with Crippen molar-refractivity contribution in [3.05, 3.63) is 58.7 Å². The van der Waals surface area contributed by atoms with Gasteiger partial charge in [0.05, 0.1) is 0 Å². The Balaban J connectivity index is 2.12. The third-order valence-corrected chi connectivity index (χ3v) is 3.25. The monoisotopic (exact) mass is 370 g/mol. The summed E-state index contributed by atoms with van der Waals surface area (Å²) in [5.74, 6) is -5.09. The summed E-state index contributed by atoms with van der Waals surface area (Å²) in [6.45, 7) is 8.69. The van der Waals surface area contributed by atoms with E-state index in [1.54, 1.807) is 20.8 Å². The Morgan fingerprint density at radius 1 is 1.28 bits per heavy atom. The first-order valence-electron chi connectivity index (χ1n) is 7.37. The minimum Gasteiger partial charge on any atom is -0.457 e.